The molecule has 138 valence electrons. The number of aromatic nitrogens is 1. The Bertz CT molecular complexity index is 1010. The van der Waals surface area contributed by atoms with Crippen LogP contribution in [0, 0.1) is 13.8 Å². The minimum atomic E-state index is 0.0842. The van der Waals surface area contributed by atoms with E-state index in [0.29, 0.717) is 0 Å². The third kappa shape index (κ3) is 3.27. The second kappa shape index (κ2) is 7.03. The predicted molar refractivity (Wildman–Crippen MR) is 107 cm³/mol. The van der Waals surface area contributed by atoms with Crippen molar-refractivity contribution >= 4 is 16.8 Å². The van der Waals surface area contributed by atoms with Gasteiger partial charge in [-0.05, 0) is 62.6 Å². The molecule has 0 aliphatic carbocycles. The van der Waals surface area contributed by atoms with Crippen molar-refractivity contribution in [1.29, 1.82) is 0 Å². The highest BCUT2D eigenvalue weighted by Gasteiger charge is 2.31. The number of carbonyl (C=O) groups is 1. The van der Waals surface area contributed by atoms with Crippen molar-refractivity contribution in [2.24, 2.45) is 0 Å². The molecule has 4 heteroatoms. The third-order valence-electron chi connectivity index (χ3n) is 5.31. The summed E-state index contributed by atoms with van der Waals surface area (Å²) in [5.41, 5.74) is 4.75. The fraction of sp³-hybridized carbons (Fsp3) is 0.304. The first-order chi connectivity index (χ1) is 13.1. The van der Waals surface area contributed by atoms with Crippen LogP contribution in [-0.4, -0.2) is 29.4 Å². The lowest BCUT2D eigenvalue weighted by atomic mass is 10.0. The number of pyridine rings is 1. The fourth-order valence-corrected chi connectivity index (χ4v) is 4.01. The van der Waals surface area contributed by atoms with Crippen molar-refractivity contribution in [3.8, 4) is 5.75 Å². The van der Waals surface area contributed by atoms with E-state index < -0.39 is 0 Å². The van der Waals surface area contributed by atoms with Gasteiger partial charge in [0.1, 0.15) is 5.75 Å². The first-order valence-corrected chi connectivity index (χ1v) is 9.40. The van der Waals surface area contributed by atoms with Gasteiger partial charge >= 0.3 is 0 Å². The smallest absolute Gasteiger partial charge is 0.255 e. The average molecular weight is 360 g/mol. The van der Waals surface area contributed by atoms with Crippen LogP contribution in [0.25, 0.3) is 10.9 Å². The van der Waals surface area contributed by atoms with Gasteiger partial charge in [-0.3, -0.25) is 9.78 Å². The van der Waals surface area contributed by atoms with E-state index >= 15 is 0 Å². The highest BCUT2D eigenvalue weighted by atomic mass is 16.5. The first-order valence-electron chi connectivity index (χ1n) is 9.40. The summed E-state index contributed by atoms with van der Waals surface area (Å²) in [5, 5.41) is 0.932. The van der Waals surface area contributed by atoms with Crippen molar-refractivity contribution in [3.63, 3.8) is 0 Å². The second-order valence-corrected chi connectivity index (χ2v) is 7.26. The van der Waals surface area contributed by atoms with E-state index in [4.69, 9.17) is 4.74 Å². The average Bonchev–Trinajstić information content (AvgIpc) is 3.17. The summed E-state index contributed by atoms with van der Waals surface area (Å²) in [6.07, 6.45) is 1.98. The van der Waals surface area contributed by atoms with Crippen molar-refractivity contribution < 1.29 is 9.53 Å². The molecule has 2 heterocycles. The van der Waals surface area contributed by atoms with E-state index in [1.807, 2.05) is 55.1 Å². The fourth-order valence-electron chi connectivity index (χ4n) is 4.01. The number of carbonyl (C=O) groups excluding carboxylic acids is 1. The molecule has 0 saturated carbocycles. The standard InChI is InChI=1S/C23H24N2O2/c1-15-9-10-21-19(12-15)20(13-16(2)24-21)23(26)25-11-5-8-22(25)17-6-4-7-18(14-17)27-3/h4,6-7,9-10,12-14,22H,5,8,11H2,1-3H3/t22-/m1/s1. The van der Waals surface area contributed by atoms with Gasteiger partial charge in [-0.15, -0.1) is 0 Å². The molecule has 27 heavy (non-hydrogen) atoms. The number of aryl methyl sites for hydroxylation is 2. The Hall–Kier alpha value is -2.88. The van der Waals surface area contributed by atoms with Crippen molar-refractivity contribution in [2.45, 2.75) is 32.7 Å². The third-order valence-corrected chi connectivity index (χ3v) is 5.31. The summed E-state index contributed by atoms with van der Waals surface area (Å²) in [5.74, 6) is 0.911. The van der Waals surface area contributed by atoms with Gasteiger partial charge in [0.25, 0.3) is 5.91 Å². The largest absolute Gasteiger partial charge is 0.497 e. The summed E-state index contributed by atoms with van der Waals surface area (Å²) >= 11 is 0. The van der Waals surface area contributed by atoms with E-state index in [2.05, 4.69) is 17.1 Å². The highest BCUT2D eigenvalue weighted by molar-refractivity contribution is 6.06. The molecule has 0 unspecified atom stereocenters. The molecule has 4 rings (SSSR count). The minimum Gasteiger partial charge on any atom is -0.497 e. The molecule has 1 aromatic heterocycles. The summed E-state index contributed by atoms with van der Waals surface area (Å²) in [7, 11) is 1.67. The first kappa shape index (κ1) is 17.5. The highest BCUT2D eigenvalue weighted by Crippen LogP contribution is 2.35. The Morgan fingerprint density at radius 1 is 1.15 bits per heavy atom. The number of nitrogens with zero attached hydrogens (tertiary/aromatic N) is 2. The second-order valence-electron chi connectivity index (χ2n) is 7.26. The zero-order valence-electron chi connectivity index (χ0n) is 16.0. The summed E-state index contributed by atoms with van der Waals surface area (Å²) < 4.78 is 5.37. The van der Waals surface area contributed by atoms with E-state index in [1.54, 1.807) is 7.11 Å². The maximum absolute atomic E-state index is 13.5. The van der Waals surface area contributed by atoms with Crippen molar-refractivity contribution in [3.05, 3.63) is 70.9 Å². The van der Waals surface area contributed by atoms with Gasteiger partial charge in [-0.25, -0.2) is 0 Å². The zero-order chi connectivity index (χ0) is 19.0. The molecular weight excluding hydrogens is 336 g/mol. The van der Waals surface area contributed by atoms with Crippen LogP contribution in [0.5, 0.6) is 5.75 Å². The molecule has 0 radical (unpaired) electrons. The molecule has 3 aromatic rings. The monoisotopic (exact) mass is 360 g/mol. The molecule has 2 aromatic carbocycles. The Kier molecular flexibility index (Phi) is 4.56. The van der Waals surface area contributed by atoms with Crippen LogP contribution in [0.15, 0.2) is 48.5 Å². The molecule has 1 aliphatic rings. The summed E-state index contributed by atoms with van der Waals surface area (Å²) in [6, 6.07) is 16.2. The molecule has 1 aliphatic heterocycles. The Balaban J connectivity index is 1.75. The number of hydrogen-bond acceptors (Lipinski definition) is 3. The van der Waals surface area contributed by atoms with Crippen LogP contribution in [0.3, 0.4) is 0 Å². The SMILES string of the molecule is COc1cccc([C@H]2CCCN2C(=O)c2cc(C)nc3ccc(C)cc23)c1. The van der Waals surface area contributed by atoms with Gasteiger partial charge in [0, 0.05) is 17.6 Å². The predicted octanol–water partition coefficient (Wildman–Crippen LogP) is 4.84. The van der Waals surface area contributed by atoms with Crippen LogP contribution in [0.1, 0.15) is 46.1 Å². The van der Waals surface area contributed by atoms with E-state index in [1.165, 1.54) is 0 Å². The van der Waals surface area contributed by atoms with E-state index in [9.17, 15) is 4.79 Å². The summed E-state index contributed by atoms with van der Waals surface area (Å²) in [6.45, 7) is 4.76. The molecule has 1 amide bonds. The molecule has 0 spiro atoms. The molecule has 1 atom stereocenters. The lowest BCUT2D eigenvalue weighted by Gasteiger charge is -2.26. The van der Waals surface area contributed by atoms with Gasteiger partial charge < -0.3 is 9.64 Å². The Morgan fingerprint density at radius 2 is 2.00 bits per heavy atom. The molecule has 0 N–H and O–H groups in total. The number of benzene rings is 2. The summed E-state index contributed by atoms with van der Waals surface area (Å²) in [4.78, 5) is 20.1. The van der Waals surface area contributed by atoms with E-state index in [0.717, 1.165) is 58.4 Å². The number of ether oxygens (including phenoxy) is 1. The minimum absolute atomic E-state index is 0.0842. The lowest BCUT2D eigenvalue weighted by Crippen LogP contribution is -2.30. The molecule has 4 nitrogen and oxygen atoms in total. The topological polar surface area (TPSA) is 42.4 Å². The van der Waals surface area contributed by atoms with Gasteiger partial charge in [-0.1, -0.05) is 23.8 Å². The van der Waals surface area contributed by atoms with Crippen LogP contribution < -0.4 is 4.74 Å². The van der Waals surface area contributed by atoms with Crippen LogP contribution in [0.2, 0.25) is 0 Å². The molecule has 0 bridgehead atoms. The van der Waals surface area contributed by atoms with Crippen LogP contribution >= 0.6 is 0 Å². The lowest BCUT2D eigenvalue weighted by molar-refractivity contribution is 0.0737. The number of amides is 1. The number of fused-ring (bicyclic) bond motifs is 1. The molecular formula is C23H24N2O2. The van der Waals surface area contributed by atoms with Crippen molar-refractivity contribution in [2.75, 3.05) is 13.7 Å². The number of methoxy groups -OCH3 is 1. The zero-order valence-corrected chi connectivity index (χ0v) is 16.0. The maximum Gasteiger partial charge on any atom is 0.255 e. The van der Waals surface area contributed by atoms with Crippen molar-refractivity contribution in [1.82, 2.24) is 9.88 Å². The molecule has 1 fully saturated rings. The number of rotatable bonds is 3. The number of hydrogen-bond donors (Lipinski definition) is 0. The maximum atomic E-state index is 13.5. The van der Waals surface area contributed by atoms with Gasteiger partial charge in [0.05, 0.1) is 24.2 Å². The van der Waals surface area contributed by atoms with Gasteiger partial charge in [0.2, 0.25) is 0 Å². The van der Waals surface area contributed by atoms with Gasteiger partial charge in [-0.2, -0.15) is 0 Å². The Labute approximate surface area is 159 Å². The molecule has 1 saturated heterocycles. The van der Waals surface area contributed by atoms with Crippen LogP contribution in [0.4, 0.5) is 0 Å². The Morgan fingerprint density at radius 3 is 2.81 bits per heavy atom. The normalized spacial score (nSPS) is 16.7. The van der Waals surface area contributed by atoms with Gasteiger partial charge in [0.15, 0.2) is 0 Å². The van der Waals surface area contributed by atoms with E-state index in [-0.39, 0.29) is 11.9 Å². The quantitative estimate of drug-likeness (QED) is 0.671. The van der Waals surface area contributed by atoms with Crippen LogP contribution in [-0.2, 0) is 0 Å². The number of likely N-dealkylation sites (tertiary alicyclic amines) is 1.